The number of hydrogen-bond acceptors (Lipinski definition) is 3. The molecule has 0 aromatic rings. The predicted octanol–water partition coefficient (Wildman–Crippen LogP) is 2.27. The van der Waals surface area contributed by atoms with E-state index < -0.39 is 0 Å². The average molecular weight is 225 g/mol. The zero-order chi connectivity index (χ0) is 11.8. The van der Waals surface area contributed by atoms with Crippen molar-refractivity contribution in [3.8, 4) is 0 Å². The smallest absolute Gasteiger partial charge is 0.0542 e. The fourth-order valence-corrected chi connectivity index (χ4v) is 2.21. The van der Waals surface area contributed by atoms with Gasteiger partial charge in [0.15, 0.2) is 0 Å². The minimum absolute atomic E-state index is 0.284. The monoisotopic (exact) mass is 225 g/mol. The molecule has 0 amide bonds. The molecule has 1 saturated heterocycles. The highest BCUT2D eigenvalue weighted by molar-refractivity contribution is 5.91. The summed E-state index contributed by atoms with van der Waals surface area (Å²) in [5.74, 6) is 1.06. The Kier molecular flexibility index (Phi) is 6.65. The highest BCUT2D eigenvalue weighted by Gasteiger charge is 2.17. The van der Waals surface area contributed by atoms with Crippen molar-refractivity contribution < 1.29 is 4.74 Å². The van der Waals surface area contributed by atoms with Crippen molar-refractivity contribution in [2.45, 2.75) is 32.6 Å². The Labute approximate surface area is 99.5 Å². The van der Waals surface area contributed by atoms with Gasteiger partial charge >= 0.3 is 0 Å². The second kappa shape index (κ2) is 7.80. The summed E-state index contributed by atoms with van der Waals surface area (Å²) in [6, 6.07) is 0. The number of ether oxygens (including phenoxy) is 1. The summed E-state index contributed by atoms with van der Waals surface area (Å²) in [4.78, 5) is 0. The third kappa shape index (κ3) is 4.62. The maximum absolute atomic E-state index is 8.02. The van der Waals surface area contributed by atoms with Crippen LogP contribution in [0.25, 0.3) is 0 Å². The summed E-state index contributed by atoms with van der Waals surface area (Å²) in [5.41, 5.74) is 0.767. The van der Waals surface area contributed by atoms with Crippen LogP contribution in [0.2, 0.25) is 0 Å². The fourth-order valence-electron chi connectivity index (χ4n) is 2.21. The summed E-state index contributed by atoms with van der Waals surface area (Å²) >= 11 is 0. The van der Waals surface area contributed by atoms with Gasteiger partial charge in [-0.2, -0.15) is 0 Å². The molecule has 1 fully saturated rings. The van der Waals surface area contributed by atoms with Crippen LogP contribution in [0.3, 0.4) is 0 Å². The van der Waals surface area contributed by atoms with Crippen molar-refractivity contribution in [2.24, 2.45) is 11.8 Å². The van der Waals surface area contributed by atoms with Gasteiger partial charge in [-0.05, 0) is 44.7 Å². The summed E-state index contributed by atoms with van der Waals surface area (Å²) in [6.45, 7) is 5.08. The van der Waals surface area contributed by atoms with Crippen molar-refractivity contribution in [2.75, 3.05) is 26.8 Å². The molecule has 0 aromatic heterocycles. The van der Waals surface area contributed by atoms with Crippen LogP contribution in [0.5, 0.6) is 0 Å². The molecule has 1 heterocycles. The highest BCUT2D eigenvalue weighted by atomic mass is 16.5. The zero-order valence-corrected chi connectivity index (χ0v) is 10.6. The standard InChI is InChI=1S/C13H25N2O/c1-3-12(10-16-2)13(14)5-4-11-6-8-15-9-7-11/h5,11-12,14-15H,3-4,6-10H2,1-2H3. The minimum atomic E-state index is 0.284. The third-order valence-electron chi connectivity index (χ3n) is 3.43. The molecule has 1 aliphatic heterocycles. The minimum Gasteiger partial charge on any atom is -0.384 e. The lowest BCUT2D eigenvalue weighted by molar-refractivity contribution is 0.174. The van der Waals surface area contributed by atoms with E-state index in [9.17, 15) is 0 Å². The van der Waals surface area contributed by atoms with Crippen molar-refractivity contribution in [1.29, 1.82) is 5.41 Å². The van der Waals surface area contributed by atoms with Crippen LogP contribution in [0.1, 0.15) is 32.6 Å². The maximum atomic E-state index is 8.02. The first-order chi connectivity index (χ1) is 7.77. The molecule has 1 aliphatic rings. The number of piperidine rings is 1. The van der Waals surface area contributed by atoms with E-state index in [1.807, 2.05) is 0 Å². The molecule has 3 nitrogen and oxygen atoms in total. The molecule has 0 saturated carbocycles. The van der Waals surface area contributed by atoms with Crippen LogP contribution in [-0.2, 0) is 4.74 Å². The molecular formula is C13H25N2O. The Morgan fingerprint density at radius 2 is 2.19 bits per heavy atom. The van der Waals surface area contributed by atoms with E-state index >= 15 is 0 Å². The molecule has 2 N–H and O–H groups in total. The summed E-state index contributed by atoms with van der Waals surface area (Å²) in [6.07, 6.45) is 6.69. The van der Waals surface area contributed by atoms with Gasteiger partial charge in [0.25, 0.3) is 0 Å². The van der Waals surface area contributed by atoms with Crippen molar-refractivity contribution in [1.82, 2.24) is 5.32 Å². The second-order valence-corrected chi connectivity index (χ2v) is 4.65. The number of nitrogens with one attached hydrogen (secondary N) is 2. The molecule has 1 atom stereocenters. The highest BCUT2D eigenvalue weighted by Crippen LogP contribution is 2.19. The fraction of sp³-hybridized carbons (Fsp3) is 0.846. The molecular weight excluding hydrogens is 200 g/mol. The van der Waals surface area contributed by atoms with Crippen molar-refractivity contribution in [3.63, 3.8) is 0 Å². The molecule has 93 valence electrons. The van der Waals surface area contributed by atoms with Crippen LogP contribution >= 0.6 is 0 Å². The van der Waals surface area contributed by atoms with Crippen LogP contribution in [-0.4, -0.2) is 32.5 Å². The van der Waals surface area contributed by atoms with E-state index in [0.717, 1.165) is 37.6 Å². The first kappa shape index (κ1) is 13.7. The zero-order valence-electron chi connectivity index (χ0n) is 10.6. The molecule has 0 aromatic carbocycles. The number of methoxy groups -OCH3 is 1. The van der Waals surface area contributed by atoms with Gasteiger partial charge in [0, 0.05) is 25.2 Å². The summed E-state index contributed by atoms with van der Waals surface area (Å²) < 4.78 is 5.14. The normalized spacial score (nSPS) is 19.6. The Morgan fingerprint density at radius 3 is 2.75 bits per heavy atom. The van der Waals surface area contributed by atoms with Crippen LogP contribution in [0.4, 0.5) is 0 Å². The van der Waals surface area contributed by atoms with E-state index in [0.29, 0.717) is 6.61 Å². The third-order valence-corrected chi connectivity index (χ3v) is 3.43. The lowest BCUT2D eigenvalue weighted by Gasteiger charge is -2.23. The predicted molar refractivity (Wildman–Crippen MR) is 67.9 cm³/mol. The quantitative estimate of drug-likeness (QED) is 0.653. The van der Waals surface area contributed by atoms with Gasteiger partial charge in [0.2, 0.25) is 0 Å². The Bertz CT molecular complexity index is 200. The topological polar surface area (TPSA) is 45.1 Å². The van der Waals surface area contributed by atoms with E-state index in [4.69, 9.17) is 10.1 Å². The van der Waals surface area contributed by atoms with Gasteiger partial charge in [-0.1, -0.05) is 6.92 Å². The average Bonchev–Trinajstić information content (AvgIpc) is 2.34. The Balaban J connectivity index is 2.21. The van der Waals surface area contributed by atoms with E-state index in [1.54, 1.807) is 7.11 Å². The summed E-state index contributed by atoms with van der Waals surface area (Å²) in [5, 5.41) is 11.4. The van der Waals surface area contributed by atoms with Gasteiger partial charge in [-0.15, -0.1) is 0 Å². The molecule has 0 aliphatic carbocycles. The maximum Gasteiger partial charge on any atom is 0.0542 e. The molecule has 16 heavy (non-hydrogen) atoms. The van der Waals surface area contributed by atoms with E-state index in [-0.39, 0.29) is 5.92 Å². The van der Waals surface area contributed by atoms with Gasteiger partial charge in [-0.25, -0.2) is 0 Å². The lowest BCUT2D eigenvalue weighted by atomic mass is 9.89. The molecule has 0 spiro atoms. The molecule has 1 unspecified atom stereocenters. The van der Waals surface area contributed by atoms with E-state index in [2.05, 4.69) is 18.7 Å². The van der Waals surface area contributed by atoms with Gasteiger partial charge in [0.05, 0.1) is 6.61 Å². The van der Waals surface area contributed by atoms with Gasteiger partial charge in [-0.3, -0.25) is 0 Å². The van der Waals surface area contributed by atoms with E-state index in [1.165, 1.54) is 12.8 Å². The number of rotatable bonds is 7. The van der Waals surface area contributed by atoms with Crippen molar-refractivity contribution >= 4 is 5.71 Å². The molecule has 3 heteroatoms. The van der Waals surface area contributed by atoms with Crippen LogP contribution < -0.4 is 5.32 Å². The van der Waals surface area contributed by atoms with Crippen LogP contribution in [0.15, 0.2) is 0 Å². The second-order valence-electron chi connectivity index (χ2n) is 4.65. The first-order valence-electron chi connectivity index (χ1n) is 6.39. The molecule has 1 radical (unpaired) electrons. The molecule has 1 rings (SSSR count). The molecule has 0 bridgehead atoms. The van der Waals surface area contributed by atoms with Crippen LogP contribution in [0, 0.1) is 23.7 Å². The number of hydrogen-bond donors (Lipinski definition) is 2. The summed E-state index contributed by atoms with van der Waals surface area (Å²) in [7, 11) is 1.71. The Hall–Kier alpha value is -0.410. The van der Waals surface area contributed by atoms with Gasteiger partial charge < -0.3 is 15.5 Å². The van der Waals surface area contributed by atoms with Crippen molar-refractivity contribution in [3.05, 3.63) is 6.42 Å². The van der Waals surface area contributed by atoms with Gasteiger partial charge in [0.1, 0.15) is 0 Å². The Morgan fingerprint density at radius 1 is 1.50 bits per heavy atom. The largest absolute Gasteiger partial charge is 0.384 e. The first-order valence-corrected chi connectivity index (χ1v) is 6.39. The lowest BCUT2D eigenvalue weighted by Crippen LogP contribution is -2.28. The SMILES string of the molecule is CCC(COC)C(=N)[CH]CC1CCNCC1.